The Morgan fingerprint density at radius 1 is 0.776 bits per heavy atom. The fraction of sp³-hybridized carbons (Fsp3) is 0.872. The summed E-state index contributed by atoms with van der Waals surface area (Å²) >= 11 is 0. The average molecular weight is 955 g/mol. The molecule has 9 N–H and O–H groups in total. The molecule has 0 spiro atoms. The van der Waals surface area contributed by atoms with Crippen LogP contribution in [0.2, 0.25) is 0 Å². The zero-order valence-electron chi connectivity index (χ0n) is 39.2. The van der Waals surface area contributed by atoms with Crippen molar-refractivity contribution in [3.05, 3.63) is 11.6 Å². The van der Waals surface area contributed by atoms with Gasteiger partial charge in [-0.2, -0.15) is 0 Å². The molecular weight excluding hydrogens is 884 g/mol. The van der Waals surface area contributed by atoms with Crippen LogP contribution in [0.5, 0.6) is 0 Å². The molecule has 67 heavy (non-hydrogen) atoms. The minimum absolute atomic E-state index is 0.0335. The van der Waals surface area contributed by atoms with Crippen molar-refractivity contribution in [1.82, 2.24) is 0 Å². The van der Waals surface area contributed by atoms with E-state index in [2.05, 4.69) is 54.5 Å². The standard InChI is InChI=1S/C47H70O20/c1-42(2)16-21-20(22(17-42)37(57)66-38-31(53)30(52)29(51)24(18-48)62-38)10-14-45(6)23(21)8-9-26-44(5)13-12-27(43(3,4)25(44)11-15-46(26,45)7)63-39-32(54)33-34(35(64-39)36(55)56)67-47(60,40(58)59)41(65-33)61-19-28(49)50/h8,20-22,24-27,29-35,38-39,41,48,51-54,60H,9-19H2,1-7H3,(H,49,50)(H,55,56)(H,58,59)/t20?,21-,22-,24-,25+,26-,27+,29-,30+,31-,32-,33-,34+,35+,38+,39-,41+,44+,45-,46-,47+/m1/s1. The summed E-state index contributed by atoms with van der Waals surface area (Å²) in [7, 11) is 0. The summed E-state index contributed by atoms with van der Waals surface area (Å²) < 4.78 is 39.7. The molecule has 0 aromatic carbocycles. The molecule has 0 aromatic rings. The second-order valence-corrected chi connectivity index (χ2v) is 22.9. The van der Waals surface area contributed by atoms with Gasteiger partial charge in [0.15, 0.2) is 12.4 Å². The van der Waals surface area contributed by atoms with E-state index in [4.69, 9.17) is 38.3 Å². The number of esters is 1. The van der Waals surface area contributed by atoms with Crippen LogP contribution in [0.1, 0.15) is 106 Å². The van der Waals surface area contributed by atoms with Gasteiger partial charge in [-0.05, 0) is 109 Å². The van der Waals surface area contributed by atoms with Crippen molar-refractivity contribution in [2.45, 2.75) is 186 Å². The molecule has 5 aliphatic carbocycles. The molecule has 0 radical (unpaired) electrons. The van der Waals surface area contributed by atoms with Crippen LogP contribution in [-0.4, -0.2) is 163 Å². The van der Waals surface area contributed by atoms with Gasteiger partial charge < -0.3 is 79.1 Å². The van der Waals surface area contributed by atoms with Crippen molar-refractivity contribution in [3.63, 3.8) is 0 Å². The molecule has 20 nitrogen and oxygen atoms in total. The van der Waals surface area contributed by atoms with Crippen LogP contribution in [0.15, 0.2) is 11.6 Å². The molecule has 3 saturated heterocycles. The van der Waals surface area contributed by atoms with Gasteiger partial charge in [-0.1, -0.05) is 60.1 Å². The third-order valence-electron chi connectivity index (χ3n) is 18.4. The smallest absolute Gasteiger partial charge is 0.369 e. The lowest BCUT2D eigenvalue weighted by atomic mass is 9.34. The van der Waals surface area contributed by atoms with Crippen molar-refractivity contribution in [3.8, 4) is 0 Å². The maximum atomic E-state index is 14.2. The zero-order valence-corrected chi connectivity index (χ0v) is 39.2. The van der Waals surface area contributed by atoms with Gasteiger partial charge in [0.25, 0.3) is 0 Å². The third-order valence-corrected chi connectivity index (χ3v) is 18.4. The van der Waals surface area contributed by atoms with Crippen molar-refractivity contribution in [2.24, 2.45) is 56.7 Å². The Bertz CT molecular complexity index is 1970. The summed E-state index contributed by atoms with van der Waals surface area (Å²) in [6, 6.07) is 0. The molecule has 1 unspecified atom stereocenters. The highest BCUT2D eigenvalue weighted by atomic mass is 16.8. The second kappa shape index (κ2) is 17.5. The van der Waals surface area contributed by atoms with E-state index in [0.29, 0.717) is 12.8 Å². The minimum atomic E-state index is -3.33. The minimum Gasteiger partial charge on any atom is -0.480 e. The highest BCUT2D eigenvalue weighted by Gasteiger charge is 2.69. The van der Waals surface area contributed by atoms with E-state index >= 15 is 0 Å². The fourth-order valence-electron chi connectivity index (χ4n) is 15.0. The van der Waals surface area contributed by atoms with Gasteiger partial charge in [0.05, 0.1) is 18.6 Å². The molecule has 20 heteroatoms. The van der Waals surface area contributed by atoms with E-state index < -0.39 is 128 Å². The molecule has 8 rings (SSSR count). The van der Waals surface area contributed by atoms with Gasteiger partial charge in [0.2, 0.25) is 12.6 Å². The number of hydrogen-bond acceptors (Lipinski definition) is 17. The summed E-state index contributed by atoms with van der Waals surface area (Å²) in [6.07, 6.45) is -10.0. The molecule has 0 aromatic heterocycles. The highest BCUT2D eigenvalue weighted by Crippen LogP contribution is 2.75. The molecule has 0 amide bonds. The number of aliphatic hydroxyl groups excluding tert-OH is 5. The number of aliphatic carboxylic acids is 3. The number of allylic oxidation sites excluding steroid dienone is 2. The predicted octanol–water partition coefficient (Wildman–Crippen LogP) is 1.53. The van der Waals surface area contributed by atoms with Crippen LogP contribution in [0.4, 0.5) is 0 Å². The van der Waals surface area contributed by atoms with Crippen LogP contribution in [0.3, 0.4) is 0 Å². The lowest BCUT2D eigenvalue weighted by Gasteiger charge is -2.71. The Morgan fingerprint density at radius 2 is 1.48 bits per heavy atom. The van der Waals surface area contributed by atoms with E-state index in [1.165, 1.54) is 5.57 Å². The molecule has 4 saturated carbocycles. The van der Waals surface area contributed by atoms with Gasteiger partial charge in [0, 0.05) is 0 Å². The molecule has 0 bridgehead atoms. The average Bonchev–Trinajstić information content (AvgIpc) is 3.24. The van der Waals surface area contributed by atoms with Crippen LogP contribution in [0.25, 0.3) is 0 Å². The SMILES string of the molecule is CC1(C)C[C@@H](C(=O)O[C@@H]2O[C@H](CO)[C@@H](O)[C@H](O)[C@H]2O)C2CC[C@]3(C)C(=CC[C@@H]4[C@@]5(C)CC[C@H](O[C@@H]6O[C@H](C(=O)O)[C@H]7O[C@@](O)(C(=O)O)[C@@H](OCC(=O)O)O[C@@H]7[C@H]6O)C(C)(C)[C@@H]5CC[C@]43C)[C@@H]2C1. The normalized spacial score (nSPS) is 49.9. The monoisotopic (exact) mass is 954 g/mol. The van der Waals surface area contributed by atoms with E-state index in [0.717, 1.165) is 44.9 Å². The number of hydrogen-bond donors (Lipinski definition) is 9. The highest BCUT2D eigenvalue weighted by molar-refractivity contribution is 5.77. The number of ether oxygens (including phenoxy) is 7. The van der Waals surface area contributed by atoms with E-state index in [1.807, 2.05) is 0 Å². The fourth-order valence-corrected chi connectivity index (χ4v) is 15.0. The third kappa shape index (κ3) is 8.06. The first-order valence-corrected chi connectivity index (χ1v) is 23.7. The number of aliphatic hydroxyl groups is 6. The van der Waals surface area contributed by atoms with E-state index in [-0.39, 0.29) is 45.3 Å². The molecule has 378 valence electrons. The molecular formula is C47H70O20. The molecule has 21 atom stereocenters. The Kier molecular flexibility index (Phi) is 13.2. The number of carboxylic acids is 3. The first-order chi connectivity index (χ1) is 31.1. The maximum Gasteiger partial charge on any atom is 0.369 e. The van der Waals surface area contributed by atoms with Crippen molar-refractivity contribution in [2.75, 3.05) is 13.2 Å². The Balaban J connectivity index is 1.01. The first kappa shape index (κ1) is 50.5. The zero-order chi connectivity index (χ0) is 49.1. The topological polar surface area (TPSA) is 315 Å². The molecule has 7 fully saturated rings. The Morgan fingerprint density at radius 3 is 2.12 bits per heavy atom. The van der Waals surface area contributed by atoms with Crippen molar-refractivity contribution >= 4 is 23.9 Å². The summed E-state index contributed by atoms with van der Waals surface area (Å²) in [6.45, 7) is 14.0. The lowest BCUT2D eigenvalue weighted by molar-refractivity contribution is -0.435. The summed E-state index contributed by atoms with van der Waals surface area (Å²) in [5, 5.41) is 92.8. The van der Waals surface area contributed by atoms with Crippen LogP contribution in [-0.2, 0) is 52.3 Å². The number of carbonyl (C=O) groups excluding carboxylic acids is 1. The van der Waals surface area contributed by atoms with Crippen molar-refractivity contribution in [1.29, 1.82) is 0 Å². The van der Waals surface area contributed by atoms with Gasteiger partial charge in [-0.25, -0.2) is 14.4 Å². The van der Waals surface area contributed by atoms with Gasteiger partial charge in [-0.3, -0.25) is 4.79 Å². The number of fused-ring (bicyclic) bond motifs is 8. The van der Waals surface area contributed by atoms with Crippen LogP contribution in [0, 0.1) is 56.7 Å². The molecule has 8 aliphatic rings. The number of carbonyl (C=O) groups is 4. The van der Waals surface area contributed by atoms with Crippen LogP contribution < -0.4 is 0 Å². The maximum absolute atomic E-state index is 14.2. The molecule has 3 heterocycles. The number of rotatable bonds is 10. The largest absolute Gasteiger partial charge is 0.480 e. The first-order valence-electron chi connectivity index (χ1n) is 23.7. The summed E-state index contributed by atoms with van der Waals surface area (Å²) in [5.41, 5.74) is 0.0765. The van der Waals surface area contributed by atoms with Crippen LogP contribution >= 0.6 is 0 Å². The van der Waals surface area contributed by atoms with E-state index in [9.17, 15) is 60.0 Å². The van der Waals surface area contributed by atoms with E-state index in [1.54, 1.807) is 0 Å². The quantitative estimate of drug-likeness (QED) is 0.0852. The van der Waals surface area contributed by atoms with Crippen molar-refractivity contribution < 1.29 is 98.3 Å². The Labute approximate surface area is 388 Å². The van der Waals surface area contributed by atoms with Gasteiger partial charge >= 0.3 is 29.7 Å². The lowest BCUT2D eigenvalue weighted by Crippen LogP contribution is -2.72. The molecule has 3 aliphatic heterocycles. The second-order valence-electron chi connectivity index (χ2n) is 22.9. The van der Waals surface area contributed by atoms with Gasteiger partial charge in [0.1, 0.15) is 49.3 Å². The number of carboxylic acid groups (broad SMARTS) is 3. The van der Waals surface area contributed by atoms with Gasteiger partial charge in [-0.15, -0.1) is 0 Å². The summed E-state index contributed by atoms with van der Waals surface area (Å²) in [5.74, 6) is -9.12. The Hall–Kier alpha value is -2.86. The summed E-state index contributed by atoms with van der Waals surface area (Å²) in [4.78, 5) is 50.1. The predicted molar refractivity (Wildman–Crippen MR) is 226 cm³/mol.